The Morgan fingerprint density at radius 2 is 1.96 bits per heavy atom. The Morgan fingerprint density at radius 3 is 2.48 bits per heavy atom. The first-order valence-corrected chi connectivity index (χ1v) is 7.90. The smallest absolute Gasteiger partial charge is 0.118 e. The van der Waals surface area contributed by atoms with Crippen molar-refractivity contribution in [1.29, 1.82) is 0 Å². The molecule has 0 unspecified atom stereocenters. The number of benzene rings is 1. The lowest BCUT2D eigenvalue weighted by molar-refractivity contribution is 0.0353. The highest BCUT2D eigenvalue weighted by Gasteiger charge is 2.35. The molecule has 0 aliphatic heterocycles. The molecule has 0 bridgehead atoms. The minimum absolute atomic E-state index is 0.0825. The summed E-state index contributed by atoms with van der Waals surface area (Å²) in [5.74, 6) is 0.812. The number of hydrogen-bond donors (Lipinski definition) is 2. The van der Waals surface area contributed by atoms with Gasteiger partial charge in [-0.25, -0.2) is 0 Å². The van der Waals surface area contributed by atoms with Crippen molar-refractivity contribution in [1.82, 2.24) is 0 Å². The van der Waals surface area contributed by atoms with E-state index in [0.29, 0.717) is 6.61 Å². The largest absolute Gasteiger partial charge is 0.497 e. The maximum atomic E-state index is 9.76. The van der Waals surface area contributed by atoms with Crippen LogP contribution in [0.3, 0.4) is 0 Å². The summed E-state index contributed by atoms with van der Waals surface area (Å²) in [4.78, 5) is 0. The second kappa shape index (κ2) is 7.77. The molecule has 1 aliphatic rings. The van der Waals surface area contributed by atoms with Gasteiger partial charge in [-0.15, -0.1) is 6.58 Å². The molecule has 2 rings (SSSR count). The van der Waals surface area contributed by atoms with Crippen LogP contribution in [0.2, 0.25) is 0 Å². The van der Waals surface area contributed by atoms with Crippen molar-refractivity contribution >= 4 is 0 Å². The molecular weight excluding hydrogens is 292 g/mol. The van der Waals surface area contributed by atoms with E-state index in [9.17, 15) is 10.2 Å². The molecule has 0 saturated carbocycles. The number of hydrogen-bond acceptors (Lipinski definition) is 4. The fourth-order valence-electron chi connectivity index (χ4n) is 3.12. The lowest BCUT2D eigenvalue weighted by Gasteiger charge is -2.38. The number of aliphatic hydroxyl groups is 2. The molecule has 4 heteroatoms. The molecule has 2 atom stereocenters. The minimum Gasteiger partial charge on any atom is -0.497 e. The van der Waals surface area contributed by atoms with Crippen LogP contribution in [0.4, 0.5) is 0 Å². The summed E-state index contributed by atoms with van der Waals surface area (Å²) in [5.41, 5.74) is 2.40. The minimum atomic E-state index is -0.271. The maximum Gasteiger partial charge on any atom is 0.118 e. The standard InChI is InChI=1S/C19H26O4/c1-4-19(2)10-9-18(16(11-20)17(19)12-21)23-13-14-5-7-15(22-3)8-6-14/h4-8,18,20-21H,1,9-13H2,2-3H3/t18-,19+/m0/s1. The van der Waals surface area contributed by atoms with E-state index in [0.717, 1.165) is 35.3 Å². The molecule has 0 saturated heterocycles. The van der Waals surface area contributed by atoms with Crippen molar-refractivity contribution in [2.24, 2.45) is 5.41 Å². The highest BCUT2D eigenvalue weighted by molar-refractivity contribution is 5.33. The summed E-state index contributed by atoms with van der Waals surface area (Å²) in [6, 6.07) is 7.72. The van der Waals surface area contributed by atoms with E-state index >= 15 is 0 Å². The predicted octanol–water partition coefficient (Wildman–Crippen LogP) is 2.85. The van der Waals surface area contributed by atoms with Gasteiger partial charge >= 0.3 is 0 Å². The highest BCUT2D eigenvalue weighted by Crippen LogP contribution is 2.42. The Kier molecular flexibility index (Phi) is 5.99. The normalized spacial score (nSPS) is 24.6. The second-order valence-corrected chi connectivity index (χ2v) is 6.13. The summed E-state index contributed by atoms with van der Waals surface area (Å²) in [5, 5.41) is 19.5. The summed E-state index contributed by atoms with van der Waals surface area (Å²) in [6.07, 6.45) is 3.34. The van der Waals surface area contributed by atoms with Crippen molar-refractivity contribution in [3.63, 3.8) is 0 Å². The average Bonchev–Trinajstić information content (AvgIpc) is 2.60. The molecule has 1 aromatic rings. The first-order chi connectivity index (χ1) is 11.1. The third kappa shape index (κ3) is 3.83. The molecule has 0 spiro atoms. The third-order valence-electron chi connectivity index (χ3n) is 4.78. The number of methoxy groups -OCH3 is 1. The zero-order chi connectivity index (χ0) is 16.9. The lowest BCUT2D eigenvalue weighted by Crippen LogP contribution is -2.34. The van der Waals surface area contributed by atoms with Gasteiger partial charge in [0.25, 0.3) is 0 Å². The van der Waals surface area contributed by atoms with Gasteiger partial charge in [0, 0.05) is 5.41 Å². The Balaban J connectivity index is 2.12. The molecule has 4 nitrogen and oxygen atoms in total. The van der Waals surface area contributed by atoms with Crippen LogP contribution in [-0.4, -0.2) is 36.6 Å². The Morgan fingerprint density at radius 1 is 1.26 bits per heavy atom. The molecule has 0 heterocycles. The quantitative estimate of drug-likeness (QED) is 0.759. The number of ether oxygens (including phenoxy) is 2. The van der Waals surface area contributed by atoms with E-state index in [1.165, 1.54) is 0 Å². The third-order valence-corrected chi connectivity index (χ3v) is 4.78. The first-order valence-electron chi connectivity index (χ1n) is 7.90. The summed E-state index contributed by atoms with van der Waals surface area (Å²) < 4.78 is 11.2. The van der Waals surface area contributed by atoms with Gasteiger partial charge in [-0.3, -0.25) is 0 Å². The monoisotopic (exact) mass is 318 g/mol. The van der Waals surface area contributed by atoms with E-state index in [1.54, 1.807) is 7.11 Å². The van der Waals surface area contributed by atoms with E-state index in [-0.39, 0.29) is 24.7 Å². The van der Waals surface area contributed by atoms with Gasteiger partial charge in [0.15, 0.2) is 0 Å². The van der Waals surface area contributed by atoms with E-state index < -0.39 is 0 Å². The molecule has 1 aromatic carbocycles. The fraction of sp³-hybridized carbons (Fsp3) is 0.474. The molecule has 0 radical (unpaired) electrons. The molecule has 23 heavy (non-hydrogen) atoms. The van der Waals surface area contributed by atoms with E-state index in [2.05, 4.69) is 6.58 Å². The average molecular weight is 318 g/mol. The fourth-order valence-corrected chi connectivity index (χ4v) is 3.12. The van der Waals surface area contributed by atoms with Gasteiger partial charge in [-0.05, 0) is 41.7 Å². The van der Waals surface area contributed by atoms with E-state index in [1.807, 2.05) is 37.3 Å². The number of allylic oxidation sites excluding steroid dienone is 1. The molecular formula is C19H26O4. The Labute approximate surface area is 138 Å². The van der Waals surface area contributed by atoms with Gasteiger partial charge < -0.3 is 19.7 Å². The van der Waals surface area contributed by atoms with Gasteiger partial charge in [0.05, 0.1) is 33.0 Å². The molecule has 0 amide bonds. The van der Waals surface area contributed by atoms with Crippen molar-refractivity contribution in [2.75, 3.05) is 20.3 Å². The second-order valence-electron chi connectivity index (χ2n) is 6.13. The number of rotatable bonds is 7. The van der Waals surface area contributed by atoms with Crippen LogP contribution in [0, 0.1) is 5.41 Å². The topological polar surface area (TPSA) is 58.9 Å². The Hall–Kier alpha value is -1.62. The molecule has 0 fully saturated rings. The number of aliphatic hydroxyl groups excluding tert-OH is 2. The summed E-state index contributed by atoms with van der Waals surface area (Å²) in [6.45, 7) is 6.19. The van der Waals surface area contributed by atoms with Gasteiger partial charge in [-0.2, -0.15) is 0 Å². The van der Waals surface area contributed by atoms with Crippen LogP contribution in [0.5, 0.6) is 5.75 Å². The van der Waals surface area contributed by atoms with Crippen LogP contribution < -0.4 is 4.74 Å². The van der Waals surface area contributed by atoms with Gasteiger partial charge in [0.2, 0.25) is 0 Å². The van der Waals surface area contributed by atoms with Crippen molar-refractivity contribution in [3.8, 4) is 5.75 Å². The van der Waals surface area contributed by atoms with Gasteiger partial charge in [-0.1, -0.05) is 25.1 Å². The maximum absolute atomic E-state index is 9.76. The zero-order valence-corrected chi connectivity index (χ0v) is 13.9. The summed E-state index contributed by atoms with van der Waals surface area (Å²) >= 11 is 0. The van der Waals surface area contributed by atoms with Crippen LogP contribution in [-0.2, 0) is 11.3 Å². The molecule has 2 N–H and O–H groups in total. The molecule has 0 aromatic heterocycles. The van der Waals surface area contributed by atoms with Crippen LogP contribution in [0.15, 0.2) is 48.1 Å². The van der Waals surface area contributed by atoms with Crippen LogP contribution in [0.25, 0.3) is 0 Å². The molecule has 1 aliphatic carbocycles. The highest BCUT2D eigenvalue weighted by atomic mass is 16.5. The van der Waals surface area contributed by atoms with Crippen LogP contribution in [0.1, 0.15) is 25.3 Å². The predicted molar refractivity (Wildman–Crippen MR) is 90.3 cm³/mol. The first kappa shape index (κ1) is 17.7. The SMILES string of the molecule is C=C[C@]1(C)CC[C@H](OCc2ccc(OC)cc2)C(CO)=C1CO. The Bertz CT molecular complexity index is 561. The molecule has 126 valence electrons. The lowest BCUT2D eigenvalue weighted by atomic mass is 9.70. The van der Waals surface area contributed by atoms with E-state index in [4.69, 9.17) is 9.47 Å². The van der Waals surface area contributed by atoms with Crippen molar-refractivity contribution in [3.05, 3.63) is 53.6 Å². The zero-order valence-electron chi connectivity index (χ0n) is 13.9. The van der Waals surface area contributed by atoms with Gasteiger partial charge in [0.1, 0.15) is 5.75 Å². The van der Waals surface area contributed by atoms with Crippen molar-refractivity contribution < 1.29 is 19.7 Å². The van der Waals surface area contributed by atoms with Crippen molar-refractivity contribution in [2.45, 2.75) is 32.5 Å². The van der Waals surface area contributed by atoms with Crippen LogP contribution >= 0.6 is 0 Å². The summed E-state index contributed by atoms with van der Waals surface area (Å²) in [7, 11) is 1.64.